The minimum Gasteiger partial charge on any atom is -0.348 e. The lowest BCUT2D eigenvalue weighted by Gasteiger charge is -2.07. The van der Waals surface area contributed by atoms with Crippen molar-refractivity contribution in [3.05, 3.63) is 39.6 Å². The van der Waals surface area contributed by atoms with Gasteiger partial charge in [-0.25, -0.2) is 4.98 Å². The third-order valence-corrected chi connectivity index (χ3v) is 2.86. The van der Waals surface area contributed by atoms with Crippen molar-refractivity contribution >= 4 is 5.91 Å². The van der Waals surface area contributed by atoms with Gasteiger partial charge in [0.2, 0.25) is 0 Å². The monoisotopic (exact) mass is 247 g/mol. The number of aryl methyl sites for hydroxylation is 1. The molecule has 0 aliphatic heterocycles. The molecule has 1 aromatic rings. The highest BCUT2D eigenvalue weighted by molar-refractivity contribution is 5.94. The van der Waals surface area contributed by atoms with Crippen molar-refractivity contribution in [2.24, 2.45) is 0 Å². The van der Waals surface area contributed by atoms with Gasteiger partial charge in [0.25, 0.3) is 11.5 Å². The summed E-state index contributed by atoms with van der Waals surface area (Å²) in [6, 6.07) is 0. The summed E-state index contributed by atoms with van der Waals surface area (Å²) in [4.78, 5) is 30.8. The summed E-state index contributed by atoms with van der Waals surface area (Å²) in [5, 5.41) is 2.65. The molecule has 0 aromatic carbocycles. The summed E-state index contributed by atoms with van der Waals surface area (Å²) in [6.45, 7) is 7.56. The van der Waals surface area contributed by atoms with E-state index in [1.807, 2.05) is 6.92 Å². The number of nitrogens with zero attached hydrogens (tertiary/aromatic N) is 1. The molecular weight excluding hydrogens is 230 g/mol. The van der Waals surface area contributed by atoms with Crippen molar-refractivity contribution in [3.8, 4) is 0 Å². The van der Waals surface area contributed by atoms with Gasteiger partial charge in [0.15, 0.2) is 0 Å². The van der Waals surface area contributed by atoms with Gasteiger partial charge >= 0.3 is 0 Å². The minimum atomic E-state index is -0.397. The Morgan fingerprint density at radius 3 is 2.72 bits per heavy atom. The number of amides is 1. The van der Waals surface area contributed by atoms with Crippen LogP contribution in [0.15, 0.2) is 16.9 Å². The molecule has 1 aromatic heterocycles. The van der Waals surface area contributed by atoms with Crippen LogP contribution in [0.25, 0.3) is 0 Å². The Labute approximate surface area is 105 Å². The summed E-state index contributed by atoms with van der Waals surface area (Å²) < 4.78 is 0. The predicted octanol–water partition coefficient (Wildman–Crippen LogP) is 1.26. The minimum absolute atomic E-state index is 0.0978. The number of carbonyl (C=O) groups is 1. The van der Waals surface area contributed by atoms with E-state index in [0.717, 1.165) is 18.4 Å². The molecular formula is C13H17N3O2. The van der Waals surface area contributed by atoms with E-state index in [2.05, 4.69) is 21.9 Å². The molecule has 1 amide bonds. The molecule has 0 atom stereocenters. The van der Waals surface area contributed by atoms with E-state index in [-0.39, 0.29) is 11.1 Å². The Morgan fingerprint density at radius 1 is 1.56 bits per heavy atom. The highest BCUT2D eigenvalue weighted by Crippen LogP contribution is 2.37. The summed E-state index contributed by atoms with van der Waals surface area (Å²) in [5.41, 5.74) is 1.06. The number of rotatable bonds is 4. The van der Waals surface area contributed by atoms with Crippen LogP contribution in [0, 0.1) is 6.92 Å². The number of aromatic amines is 1. The topological polar surface area (TPSA) is 74.8 Å². The van der Waals surface area contributed by atoms with Gasteiger partial charge in [-0.1, -0.05) is 12.2 Å². The molecule has 0 spiro atoms. The van der Waals surface area contributed by atoms with Crippen LogP contribution in [0.5, 0.6) is 0 Å². The number of hydrogen-bond donors (Lipinski definition) is 2. The van der Waals surface area contributed by atoms with Crippen molar-refractivity contribution in [3.63, 3.8) is 0 Å². The lowest BCUT2D eigenvalue weighted by Crippen LogP contribution is -2.32. The first-order chi connectivity index (χ1) is 8.49. The van der Waals surface area contributed by atoms with Crippen LogP contribution in [0.1, 0.15) is 47.6 Å². The number of H-pyrrole nitrogens is 1. The van der Waals surface area contributed by atoms with Gasteiger partial charge in [0.05, 0.1) is 5.69 Å². The van der Waals surface area contributed by atoms with Gasteiger partial charge in [-0.15, -0.1) is 0 Å². The molecule has 0 bridgehead atoms. The zero-order valence-electron chi connectivity index (χ0n) is 10.7. The predicted molar refractivity (Wildman–Crippen MR) is 68.7 cm³/mol. The molecule has 1 fully saturated rings. The van der Waals surface area contributed by atoms with E-state index in [4.69, 9.17) is 0 Å². The standard InChI is InChI=1S/C13H17N3O2/c1-7(2)6-14-12(17)10-8(3)15-11(9-4-5-9)16-13(10)18/h9H,1,4-6H2,2-3H3,(H,14,17)(H,15,16,18). The van der Waals surface area contributed by atoms with Gasteiger partial charge in [0.1, 0.15) is 11.4 Å². The Kier molecular flexibility index (Phi) is 3.32. The average Bonchev–Trinajstić information content (AvgIpc) is 3.08. The van der Waals surface area contributed by atoms with Crippen LogP contribution in [-0.4, -0.2) is 22.4 Å². The Hall–Kier alpha value is -1.91. The van der Waals surface area contributed by atoms with Gasteiger partial charge in [-0.2, -0.15) is 0 Å². The first kappa shape index (κ1) is 12.5. The van der Waals surface area contributed by atoms with Crippen LogP contribution >= 0.6 is 0 Å². The molecule has 1 aliphatic carbocycles. The fourth-order valence-electron chi connectivity index (χ4n) is 1.74. The van der Waals surface area contributed by atoms with Crippen LogP contribution in [0.3, 0.4) is 0 Å². The number of nitrogens with one attached hydrogen (secondary N) is 2. The second kappa shape index (κ2) is 4.76. The van der Waals surface area contributed by atoms with Crippen LogP contribution in [0.4, 0.5) is 0 Å². The third-order valence-electron chi connectivity index (χ3n) is 2.86. The Bertz CT molecular complexity index is 556. The van der Waals surface area contributed by atoms with Crippen LogP contribution in [-0.2, 0) is 0 Å². The zero-order valence-corrected chi connectivity index (χ0v) is 10.7. The molecule has 18 heavy (non-hydrogen) atoms. The zero-order chi connectivity index (χ0) is 13.3. The molecule has 5 nitrogen and oxygen atoms in total. The molecule has 1 heterocycles. The van der Waals surface area contributed by atoms with Gasteiger partial charge in [0, 0.05) is 12.5 Å². The van der Waals surface area contributed by atoms with Crippen molar-refractivity contribution < 1.29 is 4.79 Å². The highest BCUT2D eigenvalue weighted by Gasteiger charge is 2.27. The van der Waals surface area contributed by atoms with Crippen LogP contribution < -0.4 is 10.9 Å². The van der Waals surface area contributed by atoms with Crippen molar-refractivity contribution in [1.82, 2.24) is 15.3 Å². The van der Waals surface area contributed by atoms with Crippen molar-refractivity contribution in [2.45, 2.75) is 32.6 Å². The molecule has 2 rings (SSSR count). The number of aromatic nitrogens is 2. The van der Waals surface area contributed by atoms with E-state index in [9.17, 15) is 9.59 Å². The first-order valence-electron chi connectivity index (χ1n) is 6.02. The fraction of sp³-hybridized carbons (Fsp3) is 0.462. The summed E-state index contributed by atoms with van der Waals surface area (Å²) in [5.74, 6) is 0.671. The summed E-state index contributed by atoms with van der Waals surface area (Å²) >= 11 is 0. The van der Waals surface area contributed by atoms with E-state index in [1.165, 1.54) is 0 Å². The quantitative estimate of drug-likeness (QED) is 0.786. The average molecular weight is 247 g/mol. The first-order valence-corrected chi connectivity index (χ1v) is 6.02. The molecule has 96 valence electrons. The summed E-state index contributed by atoms with van der Waals surface area (Å²) in [7, 11) is 0. The second-order valence-corrected chi connectivity index (χ2v) is 4.83. The second-order valence-electron chi connectivity index (χ2n) is 4.83. The molecule has 5 heteroatoms. The van der Waals surface area contributed by atoms with Gasteiger partial charge in [-0.05, 0) is 26.7 Å². The van der Waals surface area contributed by atoms with Crippen molar-refractivity contribution in [2.75, 3.05) is 6.54 Å². The fourth-order valence-corrected chi connectivity index (χ4v) is 1.74. The molecule has 2 N–H and O–H groups in total. The van der Waals surface area contributed by atoms with E-state index in [0.29, 0.717) is 24.0 Å². The maximum Gasteiger partial charge on any atom is 0.264 e. The maximum absolute atomic E-state index is 11.9. The van der Waals surface area contributed by atoms with E-state index < -0.39 is 5.91 Å². The Morgan fingerprint density at radius 2 is 2.22 bits per heavy atom. The maximum atomic E-state index is 11.9. The van der Waals surface area contributed by atoms with Gasteiger partial charge < -0.3 is 10.3 Å². The molecule has 1 saturated carbocycles. The largest absolute Gasteiger partial charge is 0.348 e. The molecule has 0 radical (unpaired) electrons. The smallest absolute Gasteiger partial charge is 0.264 e. The summed E-state index contributed by atoms with van der Waals surface area (Å²) in [6.07, 6.45) is 2.12. The lowest BCUT2D eigenvalue weighted by molar-refractivity contribution is 0.0954. The number of carbonyl (C=O) groups excluding carboxylic acids is 1. The number of hydrogen-bond acceptors (Lipinski definition) is 3. The van der Waals surface area contributed by atoms with E-state index >= 15 is 0 Å². The van der Waals surface area contributed by atoms with Crippen LogP contribution in [0.2, 0.25) is 0 Å². The third kappa shape index (κ3) is 2.67. The SMILES string of the molecule is C=C(C)CNC(=O)c1c(C)nc(C2CC2)[nH]c1=O. The van der Waals surface area contributed by atoms with E-state index in [1.54, 1.807) is 6.92 Å². The normalized spacial score (nSPS) is 14.3. The molecule has 1 aliphatic rings. The molecule has 0 unspecified atom stereocenters. The molecule has 0 saturated heterocycles. The Balaban J connectivity index is 2.24. The highest BCUT2D eigenvalue weighted by atomic mass is 16.2. The lowest BCUT2D eigenvalue weighted by atomic mass is 10.2. The van der Waals surface area contributed by atoms with Crippen molar-refractivity contribution in [1.29, 1.82) is 0 Å². The van der Waals surface area contributed by atoms with Gasteiger partial charge in [-0.3, -0.25) is 9.59 Å².